The van der Waals surface area contributed by atoms with Crippen LogP contribution in [-0.4, -0.2) is 49.6 Å². The van der Waals surface area contributed by atoms with Gasteiger partial charge in [-0.3, -0.25) is 4.79 Å². The molecule has 1 aliphatic rings. The van der Waals surface area contributed by atoms with Crippen molar-refractivity contribution in [3.63, 3.8) is 0 Å². The van der Waals surface area contributed by atoms with Gasteiger partial charge in [0.25, 0.3) is 5.91 Å². The molecule has 2 aromatic rings. The summed E-state index contributed by atoms with van der Waals surface area (Å²) in [4.78, 5) is 20.0. The first-order valence-electron chi connectivity index (χ1n) is 6.60. The Morgan fingerprint density at radius 2 is 2.33 bits per heavy atom. The number of carbonyl (C=O) groups excluding carboxylic acids is 1. The van der Waals surface area contributed by atoms with Crippen molar-refractivity contribution in [3.05, 3.63) is 28.8 Å². The van der Waals surface area contributed by atoms with Crippen molar-refractivity contribution >= 4 is 39.9 Å². The molecule has 21 heavy (non-hydrogen) atoms. The molecule has 5 nitrogen and oxygen atoms in total. The number of aromatic nitrogens is 1. The molecule has 7 heteroatoms. The van der Waals surface area contributed by atoms with Crippen LogP contribution in [0.2, 0.25) is 0 Å². The molecule has 0 spiro atoms. The van der Waals surface area contributed by atoms with Gasteiger partial charge >= 0.3 is 0 Å². The molecule has 1 fully saturated rings. The van der Waals surface area contributed by atoms with E-state index in [1.165, 1.54) is 11.3 Å². The van der Waals surface area contributed by atoms with Crippen LogP contribution in [0.15, 0.2) is 18.3 Å². The van der Waals surface area contributed by atoms with Gasteiger partial charge in [-0.05, 0) is 6.07 Å². The van der Waals surface area contributed by atoms with Crippen LogP contribution in [0.4, 0.5) is 0 Å². The van der Waals surface area contributed by atoms with E-state index in [0.29, 0.717) is 6.61 Å². The van der Waals surface area contributed by atoms with Crippen molar-refractivity contribution < 1.29 is 9.53 Å². The minimum atomic E-state index is -0.0828. The van der Waals surface area contributed by atoms with Crippen molar-refractivity contribution in [1.82, 2.24) is 15.2 Å². The molecule has 1 aliphatic heterocycles. The summed E-state index contributed by atoms with van der Waals surface area (Å²) in [5.41, 5.74) is 0.976. The molecule has 0 saturated carbocycles. The Hall–Kier alpha value is -1.21. The number of thiophene rings is 1. The van der Waals surface area contributed by atoms with Gasteiger partial charge in [0.15, 0.2) is 0 Å². The summed E-state index contributed by atoms with van der Waals surface area (Å²) in [6.07, 6.45) is 1.67. The lowest BCUT2D eigenvalue weighted by Crippen LogP contribution is -2.34. The van der Waals surface area contributed by atoms with E-state index in [9.17, 15) is 4.79 Å². The van der Waals surface area contributed by atoms with Crippen molar-refractivity contribution in [3.8, 4) is 0 Å². The topological polar surface area (TPSA) is 54.5 Å². The summed E-state index contributed by atoms with van der Waals surface area (Å²) in [6.45, 7) is 2.25. The maximum Gasteiger partial charge on any atom is 0.263 e. The zero-order chi connectivity index (χ0) is 14.1. The predicted molar refractivity (Wildman–Crippen MR) is 86.4 cm³/mol. The number of nitrogens with zero attached hydrogens (tertiary/aromatic N) is 2. The number of fused-ring (bicyclic) bond motifs is 1. The van der Waals surface area contributed by atoms with Gasteiger partial charge in [0.1, 0.15) is 9.71 Å². The van der Waals surface area contributed by atoms with Gasteiger partial charge in [-0.25, -0.2) is 4.98 Å². The Balaban J connectivity index is 0.00000161. The number of carbonyl (C=O) groups is 1. The first-order chi connectivity index (χ1) is 9.68. The average molecular weight is 328 g/mol. The van der Waals surface area contributed by atoms with Crippen LogP contribution in [0.25, 0.3) is 10.2 Å². The summed E-state index contributed by atoms with van der Waals surface area (Å²) in [7, 11) is 3.54. The molecule has 114 valence electrons. The smallest absolute Gasteiger partial charge is 0.263 e. The lowest BCUT2D eigenvalue weighted by molar-refractivity contribution is 0.0280. The van der Waals surface area contributed by atoms with Crippen molar-refractivity contribution in [2.75, 3.05) is 33.8 Å². The highest BCUT2D eigenvalue weighted by atomic mass is 35.5. The molecule has 2 aromatic heterocycles. The van der Waals surface area contributed by atoms with Crippen LogP contribution in [0.1, 0.15) is 21.3 Å². The molecule has 3 heterocycles. The normalized spacial score (nSPS) is 18.3. The molecule has 1 atom stereocenters. The van der Waals surface area contributed by atoms with Gasteiger partial charge in [0.05, 0.1) is 12.7 Å². The van der Waals surface area contributed by atoms with Gasteiger partial charge in [-0.1, -0.05) is 6.07 Å². The maximum atomic E-state index is 12.4. The number of morpholine rings is 1. The Morgan fingerprint density at radius 1 is 1.52 bits per heavy atom. The maximum absolute atomic E-state index is 12.4. The van der Waals surface area contributed by atoms with E-state index in [1.54, 1.807) is 25.2 Å². The summed E-state index contributed by atoms with van der Waals surface area (Å²) in [5, 5.41) is 4.34. The van der Waals surface area contributed by atoms with Gasteiger partial charge in [-0.15, -0.1) is 23.7 Å². The third-order valence-corrected chi connectivity index (χ3v) is 4.47. The third kappa shape index (κ3) is 3.03. The largest absolute Gasteiger partial charge is 0.371 e. The fourth-order valence-electron chi connectivity index (χ4n) is 2.38. The number of hydrogen-bond acceptors (Lipinski definition) is 5. The van der Waals surface area contributed by atoms with E-state index >= 15 is 0 Å². The molecule has 1 unspecified atom stereocenters. The van der Waals surface area contributed by atoms with Crippen LogP contribution in [0.5, 0.6) is 0 Å². The van der Waals surface area contributed by atoms with Crippen LogP contribution in [-0.2, 0) is 4.74 Å². The van der Waals surface area contributed by atoms with Crippen LogP contribution in [0, 0.1) is 0 Å². The summed E-state index contributed by atoms with van der Waals surface area (Å²) in [6, 6.07) is 3.91. The molecule has 0 aromatic carbocycles. The molecular formula is C14H18ClN3O2S. The molecule has 0 bridgehead atoms. The van der Waals surface area contributed by atoms with E-state index in [1.807, 2.05) is 12.1 Å². The highest BCUT2D eigenvalue weighted by Gasteiger charge is 2.28. The molecule has 1 amide bonds. The monoisotopic (exact) mass is 327 g/mol. The van der Waals surface area contributed by atoms with Crippen LogP contribution in [0.3, 0.4) is 0 Å². The molecule has 3 rings (SSSR count). The lowest BCUT2D eigenvalue weighted by Gasteiger charge is -2.25. The van der Waals surface area contributed by atoms with Gasteiger partial charge in [0.2, 0.25) is 0 Å². The first kappa shape index (κ1) is 16.2. The van der Waals surface area contributed by atoms with Crippen molar-refractivity contribution in [2.45, 2.75) is 6.10 Å². The van der Waals surface area contributed by atoms with E-state index in [4.69, 9.17) is 4.74 Å². The fourth-order valence-corrected chi connectivity index (χ4v) is 3.60. The number of rotatable bonds is 2. The Kier molecular flexibility index (Phi) is 5.16. The average Bonchev–Trinajstić information content (AvgIpc) is 2.86. The predicted octanol–water partition coefficient (Wildman–Crippen LogP) is 2.08. The number of pyridine rings is 1. The first-order valence-corrected chi connectivity index (χ1v) is 7.41. The van der Waals surface area contributed by atoms with Gasteiger partial charge < -0.3 is 15.0 Å². The Labute approximate surface area is 133 Å². The molecule has 1 saturated heterocycles. The zero-order valence-electron chi connectivity index (χ0n) is 12.0. The summed E-state index contributed by atoms with van der Waals surface area (Å²) in [5.74, 6) is 0.0113. The van der Waals surface area contributed by atoms with Gasteiger partial charge in [0, 0.05) is 44.3 Å². The second-order valence-electron chi connectivity index (χ2n) is 4.96. The number of hydrogen-bond donors (Lipinski definition) is 1. The molecule has 0 aliphatic carbocycles. The molecule has 0 radical (unpaired) electrons. The summed E-state index contributed by atoms with van der Waals surface area (Å²) >= 11 is 1.44. The Morgan fingerprint density at radius 3 is 3.00 bits per heavy atom. The number of nitrogens with one attached hydrogen (secondary N) is 1. The second kappa shape index (κ2) is 6.70. The SMILES string of the molecule is CN(C)C(=O)c1sc2ncccc2c1C1CNCCO1.Cl. The van der Waals surface area contributed by atoms with E-state index < -0.39 is 0 Å². The van der Waals surface area contributed by atoms with E-state index in [2.05, 4.69) is 10.3 Å². The fraction of sp³-hybridized carbons (Fsp3) is 0.429. The lowest BCUT2D eigenvalue weighted by atomic mass is 10.0. The highest BCUT2D eigenvalue weighted by molar-refractivity contribution is 7.20. The van der Waals surface area contributed by atoms with Crippen LogP contribution < -0.4 is 5.32 Å². The highest BCUT2D eigenvalue weighted by Crippen LogP contribution is 2.36. The minimum Gasteiger partial charge on any atom is -0.371 e. The second-order valence-corrected chi connectivity index (χ2v) is 5.96. The van der Waals surface area contributed by atoms with Crippen molar-refractivity contribution in [2.24, 2.45) is 0 Å². The van der Waals surface area contributed by atoms with E-state index in [0.717, 1.165) is 33.7 Å². The van der Waals surface area contributed by atoms with Crippen molar-refractivity contribution in [1.29, 1.82) is 0 Å². The number of halogens is 1. The minimum absolute atomic E-state index is 0. The summed E-state index contributed by atoms with van der Waals surface area (Å²) < 4.78 is 5.85. The quantitative estimate of drug-likeness (QED) is 0.917. The van der Waals surface area contributed by atoms with E-state index in [-0.39, 0.29) is 24.4 Å². The zero-order valence-corrected chi connectivity index (χ0v) is 13.6. The third-order valence-electron chi connectivity index (χ3n) is 3.35. The van der Waals surface area contributed by atoms with Gasteiger partial charge in [-0.2, -0.15) is 0 Å². The Bertz CT molecular complexity index is 638. The number of amides is 1. The standard InChI is InChI=1S/C14H17N3O2S.ClH/c1-17(2)14(18)12-11(10-8-15-6-7-19-10)9-4-3-5-16-13(9)20-12;/h3-5,10,15H,6-8H2,1-2H3;1H. The number of ether oxygens (including phenoxy) is 1. The molecular weight excluding hydrogens is 310 g/mol. The molecule has 1 N–H and O–H groups in total. The van der Waals surface area contributed by atoms with Crippen LogP contribution >= 0.6 is 23.7 Å².